The lowest BCUT2D eigenvalue weighted by Gasteiger charge is -2.00. The fourth-order valence-corrected chi connectivity index (χ4v) is 2.47. The largest absolute Gasteiger partial charge is 0.478 e. The van der Waals surface area contributed by atoms with Crippen LogP contribution in [-0.2, 0) is 11.4 Å². The number of hydrogen-bond donors (Lipinski definition) is 3. The molecule has 0 radical (unpaired) electrons. The number of H-pyrrole nitrogens is 1. The Balaban J connectivity index is 0.00000161. The molecule has 0 aliphatic carbocycles. The molecule has 0 fully saturated rings. The summed E-state index contributed by atoms with van der Waals surface area (Å²) >= 11 is 5.95. The van der Waals surface area contributed by atoms with E-state index in [1.807, 2.05) is 6.07 Å². The number of aromatic amines is 1. The molecule has 0 spiro atoms. The topological polar surface area (TPSA) is 101 Å². The number of rotatable bonds is 3. The molecule has 8 heteroatoms. The Bertz CT molecular complexity index is 832. The quantitative estimate of drug-likeness (QED) is 0.507. The first kappa shape index (κ1) is 15.5. The van der Waals surface area contributed by atoms with Crippen molar-refractivity contribution in [1.29, 1.82) is 0 Å². The second kappa shape index (κ2) is 5.87. The highest BCUT2D eigenvalue weighted by Crippen LogP contribution is 2.30. The van der Waals surface area contributed by atoms with Gasteiger partial charge in [0.25, 0.3) is 0 Å². The van der Waals surface area contributed by atoms with Crippen molar-refractivity contribution >= 4 is 51.7 Å². The van der Waals surface area contributed by atoms with Gasteiger partial charge in [-0.2, -0.15) is 0 Å². The molecular formula is C13H11Cl2N3O3. The van der Waals surface area contributed by atoms with E-state index in [1.165, 1.54) is 0 Å². The van der Waals surface area contributed by atoms with Crippen molar-refractivity contribution in [3.8, 4) is 0 Å². The van der Waals surface area contributed by atoms with Crippen LogP contribution >= 0.6 is 24.0 Å². The summed E-state index contributed by atoms with van der Waals surface area (Å²) < 4.78 is 0. The number of hydrogen-bond acceptors (Lipinski definition) is 4. The zero-order valence-corrected chi connectivity index (χ0v) is 12.2. The fraction of sp³-hybridized carbons (Fsp3) is 0.0769. The van der Waals surface area contributed by atoms with Crippen LogP contribution < -0.4 is 5.90 Å². The standard InChI is InChI=1S/C13H10ClN3O3.ClH/c14-10-3-8-6(4-16-10)1-2-7-11(13(18)19)9(5-20-15)17-12(7)8;/h1-4,16H,5,15H2,(H,18,19);1H. The lowest BCUT2D eigenvalue weighted by Crippen LogP contribution is -2.05. The Kier molecular flexibility index (Phi) is 4.34. The van der Waals surface area contributed by atoms with Crippen LogP contribution in [0.4, 0.5) is 0 Å². The Morgan fingerprint density at radius 2 is 2.19 bits per heavy atom. The van der Waals surface area contributed by atoms with Crippen LogP contribution in [0.2, 0.25) is 5.15 Å². The summed E-state index contributed by atoms with van der Waals surface area (Å²) in [4.78, 5) is 23.2. The summed E-state index contributed by atoms with van der Waals surface area (Å²) in [6.07, 6.45) is 1.74. The van der Waals surface area contributed by atoms with Crippen LogP contribution in [0.1, 0.15) is 16.1 Å². The molecule has 0 saturated carbocycles. The molecule has 110 valence electrons. The predicted molar refractivity (Wildman–Crippen MR) is 81.8 cm³/mol. The number of nitrogens with one attached hydrogen (secondary N) is 1. The smallest absolute Gasteiger partial charge is 0.338 e. The van der Waals surface area contributed by atoms with Gasteiger partial charge in [0, 0.05) is 22.4 Å². The molecule has 21 heavy (non-hydrogen) atoms. The lowest BCUT2D eigenvalue weighted by atomic mass is 10.1. The summed E-state index contributed by atoms with van der Waals surface area (Å²) in [5, 5.41) is 12.0. The maximum absolute atomic E-state index is 11.4. The van der Waals surface area contributed by atoms with Gasteiger partial charge in [-0.3, -0.25) is 4.84 Å². The van der Waals surface area contributed by atoms with Crippen LogP contribution in [0.15, 0.2) is 24.4 Å². The molecule has 1 aromatic carbocycles. The molecule has 3 aromatic rings. The van der Waals surface area contributed by atoms with E-state index in [1.54, 1.807) is 18.3 Å². The number of carboxylic acids is 1. The minimum atomic E-state index is -1.06. The van der Waals surface area contributed by atoms with E-state index in [2.05, 4.69) is 14.8 Å². The fourth-order valence-electron chi connectivity index (χ4n) is 2.31. The van der Waals surface area contributed by atoms with Crippen molar-refractivity contribution in [2.24, 2.45) is 5.90 Å². The van der Waals surface area contributed by atoms with Gasteiger partial charge < -0.3 is 10.1 Å². The number of fused-ring (bicyclic) bond motifs is 3. The highest BCUT2D eigenvalue weighted by atomic mass is 35.5. The number of carbonyl (C=O) groups is 1. The maximum atomic E-state index is 11.4. The first-order chi connectivity index (χ1) is 9.61. The highest BCUT2D eigenvalue weighted by molar-refractivity contribution is 6.30. The third kappa shape index (κ3) is 2.54. The van der Waals surface area contributed by atoms with E-state index in [0.29, 0.717) is 21.7 Å². The monoisotopic (exact) mass is 327 g/mol. The van der Waals surface area contributed by atoms with Gasteiger partial charge in [-0.05, 0) is 6.07 Å². The molecule has 2 heterocycles. The summed E-state index contributed by atoms with van der Waals surface area (Å²) in [6.45, 7) is -0.0650. The van der Waals surface area contributed by atoms with Crippen LogP contribution in [0.5, 0.6) is 0 Å². The minimum Gasteiger partial charge on any atom is -0.478 e. The number of nitrogens with zero attached hydrogens (tertiary/aromatic N) is 1. The Morgan fingerprint density at radius 1 is 1.43 bits per heavy atom. The van der Waals surface area contributed by atoms with E-state index in [4.69, 9.17) is 17.5 Å². The van der Waals surface area contributed by atoms with Crippen LogP contribution in [0.3, 0.4) is 0 Å². The molecule has 0 atom stereocenters. The number of benzene rings is 1. The summed E-state index contributed by atoms with van der Waals surface area (Å²) in [7, 11) is 0. The molecule has 0 amide bonds. The molecule has 0 saturated heterocycles. The number of aromatic nitrogens is 2. The van der Waals surface area contributed by atoms with Crippen molar-refractivity contribution in [2.75, 3.05) is 0 Å². The Morgan fingerprint density at radius 3 is 2.86 bits per heavy atom. The van der Waals surface area contributed by atoms with Crippen molar-refractivity contribution in [3.05, 3.63) is 40.8 Å². The van der Waals surface area contributed by atoms with Crippen molar-refractivity contribution in [3.63, 3.8) is 0 Å². The van der Waals surface area contributed by atoms with Crippen LogP contribution in [0.25, 0.3) is 21.7 Å². The van der Waals surface area contributed by atoms with E-state index in [-0.39, 0.29) is 24.6 Å². The Hall–Kier alpha value is -1.86. The summed E-state index contributed by atoms with van der Waals surface area (Å²) in [6, 6.07) is 5.24. The van der Waals surface area contributed by atoms with E-state index in [0.717, 1.165) is 10.8 Å². The van der Waals surface area contributed by atoms with Gasteiger partial charge >= 0.3 is 5.97 Å². The SMILES string of the molecule is Cl.NOCc1nc2c(ccc3c[nH]c(Cl)cc32)c1C(=O)O. The van der Waals surface area contributed by atoms with Gasteiger partial charge in [0.2, 0.25) is 0 Å². The second-order valence-corrected chi connectivity index (χ2v) is 4.70. The molecule has 3 rings (SSSR count). The Labute approximate surface area is 130 Å². The van der Waals surface area contributed by atoms with E-state index < -0.39 is 5.97 Å². The van der Waals surface area contributed by atoms with Gasteiger partial charge in [-0.1, -0.05) is 23.7 Å². The normalized spacial score (nSPS) is 10.8. The predicted octanol–water partition coefficient (Wildman–Crippen LogP) is 2.88. The third-order valence-corrected chi connectivity index (χ3v) is 3.34. The second-order valence-electron chi connectivity index (χ2n) is 4.30. The average molecular weight is 328 g/mol. The molecule has 6 nitrogen and oxygen atoms in total. The number of aromatic carboxylic acids is 1. The van der Waals surface area contributed by atoms with Crippen LogP contribution in [-0.4, -0.2) is 21.0 Å². The molecule has 2 aromatic heterocycles. The molecular weight excluding hydrogens is 317 g/mol. The minimum absolute atomic E-state index is 0. The number of halogens is 2. The molecule has 0 bridgehead atoms. The average Bonchev–Trinajstić information content (AvgIpc) is 2.77. The molecule has 0 aliphatic rings. The van der Waals surface area contributed by atoms with Gasteiger partial charge in [0.15, 0.2) is 0 Å². The first-order valence-corrected chi connectivity index (χ1v) is 6.14. The summed E-state index contributed by atoms with van der Waals surface area (Å²) in [5.41, 5.74) is 0.977. The number of pyridine rings is 1. The van der Waals surface area contributed by atoms with Gasteiger partial charge in [0.1, 0.15) is 11.8 Å². The van der Waals surface area contributed by atoms with Gasteiger partial charge in [-0.25, -0.2) is 15.7 Å². The molecule has 4 N–H and O–H groups in total. The van der Waals surface area contributed by atoms with Crippen molar-refractivity contribution in [1.82, 2.24) is 9.97 Å². The summed E-state index contributed by atoms with van der Waals surface area (Å²) in [5.74, 6) is 3.97. The van der Waals surface area contributed by atoms with E-state index >= 15 is 0 Å². The zero-order valence-electron chi connectivity index (χ0n) is 10.6. The lowest BCUT2D eigenvalue weighted by molar-refractivity contribution is 0.0689. The van der Waals surface area contributed by atoms with Crippen LogP contribution in [0, 0.1) is 0 Å². The molecule has 0 aliphatic heterocycles. The number of carboxylic acid groups (broad SMARTS) is 1. The van der Waals surface area contributed by atoms with Crippen molar-refractivity contribution < 1.29 is 14.7 Å². The third-order valence-electron chi connectivity index (χ3n) is 3.13. The van der Waals surface area contributed by atoms with E-state index in [9.17, 15) is 9.90 Å². The maximum Gasteiger partial charge on any atom is 0.338 e. The van der Waals surface area contributed by atoms with Crippen molar-refractivity contribution in [2.45, 2.75) is 6.61 Å². The number of nitrogens with two attached hydrogens (primary N) is 1. The highest BCUT2D eigenvalue weighted by Gasteiger charge is 2.20. The first-order valence-electron chi connectivity index (χ1n) is 5.76. The van der Waals surface area contributed by atoms with Gasteiger partial charge in [0.05, 0.1) is 16.8 Å². The van der Waals surface area contributed by atoms with Gasteiger partial charge in [-0.15, -0.1) is 12.4 Å². The zero-order chi connectivity index (χ0) is 14.3. The molecule has 0 unspecified atom stereocenters.